The molecule has 19 heavy (non-hydrogen) atoms. The molecule has 7 nitrogen and oxygen atoms in total. The van der Waals surface area contributed by atoms with Crippen LogP contribution in [0.25, 0.3) is 11.5 Å². The smallest absolute Gasteiger partial charge is 0.233 e. The molecule has 2 aromatic rings. The van der Waals surface area contributed by atoms with E-state index in [2.05, 4.69) is 32.5 Å². The molecule has 0 aliphatic carbocycles. The Morgan fingerprint density at radius 2 is 2.11 bits per heavy atom. The van der Waals surface area contributed by atoms with Gasteiger partial charge < -0.3 is 10.2 Å². The number of methoxy groups -OCH3 is 1. The highest BCUT2D eigenvalue weighted by Crippen LogP contribution is 2.17. The highest BCUT2D eigenvalue weighted by atomic mass is 16.5. The van der Waals surface area contributed by atoms with Crippen LogP contribution in [-0.2, 0) is 6.42 Å². The molecule has 0 aliphatic heterocycles. The van der Waals surface area contributed by atoms with Crippen LogP contribution >= 0.6 is 0 Å². The van der Waals surface area contributed by atoms with Crippen LogP contribution in [0, 0.1) is 0 Å². The number of nitrogens with two attached hydrogens (primary N) is 1. The standard InChI is InChI=1S/C12H16N6O/c1-3-4-8-7-10(16-13)15-12(14-8)9-5-6-11(19-2)18-17-9/h5-7H,3-4,13H2,1-2H3,(H,14,15,16). The normalized spacial score (nSPS) is 10.3. The Morgan fingerprint density at radius 3 is 2.68 bits per heavy atom. The second-order valence-electron chi connectivity index (χ2n) is 3.92. The molecule has 0 aromatic carbocycles. The van der Waals surface area contributed by atoms with Gasteiger partial charge in [-0.15, -0.1) is 10.2 Å². The SMILES string of the molecule is CCCc1cc(NN)nc(-c2ccc(OC)nn2)n1. The first kappa shape index (κ1) is 13.2. The van der Waals surface area contributed by atoms with Crippen molar-refractivity contribution in [2.45, 2.75) is 19.8 Å². The van der Waals surface area contributed by atoms with Gasteiger partial charge in [-0.2, -0.15) is 0 Å². The van der Waals surface area contributed by atoms with Crippen LogP contribution in [0.1, 0.15) is 19.0 Å². The summed E-state index contributed by atoms with van der Waals surface area (Å²) in [5.74, 6) is 6.92. The molecule has 100 valence electrons. The number of nitrogens with zero attached hydrogens (tertiary/aromatic N) is 4. The molecule has 0 atom stereocenters. The van der Waals surface area contributed by atoms with Crippen LogP contribution in [-0.4, -0.2) is 27.3 Å². The van der Waals surface area contributed by atoms with E-state index in [0.29, 0.717) is 23.2 Å². The minimum Gasteiger partial charge on any atom is -0.480 e. The van der Waals surface area contributed by atoms with Crippen LogP contribution in [0.5, 0.6) is 5.88 Å². The van der Waals surface area contributed by atoms with Gasteiger partial charge in [-0.3, -0.25) is 0 Å². The maximum Gasteiger partial charge on any atom is 0.233 e. The molecule has 0 saturated heterocycles. The van der Waals surface area contributed by atoms with E-state index >= 15 is 0 Å². The molecule has 3 N–H and O–H groups in total. The molecule has 0 radical (unpaired) electrons. The number of rotatable bonds is 5. The third-order valence-electron chi connectivity index (χ3n) is 2.51. The fourth-order valence-corrected chi connectivity index (χ4v) is 1.62. The Balaban J connectivity index is 2.38. The molecule has 2 heterocycles. The van der Waals surface area contributed by atoms with Gasteiger partial charge >= 0.3 is 0 Å². The van der Waals surface area contributed by atoms with Crippen LogP contribution < -0.4 is 16.0 Å². The van der Waals surface area contributed by atoms with Crippen molar-refractivity contribution >= 4 is 5.82 Å². The molecule has 0 spiro atoms. The first-order valence-electron chi connectivity index (χ1n) is 5.99. The van der Waals surface area contributed by atoms with Gasteiger partial charge in [0.05, 0.1) is 7.11 Å². The van der Waals surface area contributed by atoms with Crippen molar-refractivity contribution in [2.24, 2.45) is 5.84 Å². The van der Waals surface area contributed by atoms with Crippen molar-refractivity contribution in [3.63, 3.8) is 0 Å². The summed E-state index contributed by atoms with van der Waals surface area (Å²) in [5, 5.41) is 7.93. The van der Waals surface area contributed by atoms with E-state index < -0.39 is 0 Å². The van der Waals surface area contributed by atoms with E-state index in [4.69, 9.17) is 10.6 Å². The van der Waals surface area contributed by atoms with Gasteiger partial charge in [0.25, 0.3) is 0 Å². The zero-order valence-corrected chi connectivity index (χ0v) is 10.9. The average molecular weight is 260 g/mol. The van der Waals surface area contributed by atoms with Crippen molar-refractivity contribution in [1.82, 2.24) is 20.2 Å². The van der Waals surface area contributed by atoms with E-state index in [1.54, 1.807) is 19.2 Å². The molecular weight excluding hydrogens is 244 g/mol. The molecule has 0 amide bonds. The third kappa shape index (κ3) is 3.14. The van der Waals surface area contributed by atoms with Gasteiger partial charge in [-0.05, 0) is 12.5 Å². The van der Waals surface area contributed by atoms with Gasteiger partial charge in [-0.25, -0.2) is 15.8 Å². The van der Waals surface area contributed by atoms with Crippen molar-refractivity contribution in [3.8, 4) is 17.4 Å². The monoisotopic (exact) mass is 260 g/mol. The summed E-state index contributed by atoms with van der Waals surface area (Å²) in [6.45, 7) is 2.09. The topological polar surface area (TPSA) is 98.8 Å². The number of hydrazine groups is 1. The molecular formula is C12H16N6O. The molecule has 7 heteroatoms. The molecule has 0 unspecified atom stereocenters. The molecule has 0 bridgehead atoms. The van der Waals surface area contributed by atoms with E-state index in [1.165, 1.54) is 0 Å². The Morgan fingerprint density at radius 1 is 1.26 bits per heavy atom. The summed E-state index contributed by atoms with van der Waals surface area (Å²) in [5.41, 5.74) is 4.03. The summed E-state index contributed by atoms with van der Waals surface area (Å²) in [7, 11) is 1.54. The number of aryl methyl sites for hydroxylation is 1. The average Bonchev–Trinajstić information content (AvgIpc) is 2.47. The Kier molecular flexibility index (Phi) is 4.19. The summed E-state index contributed by atoms with van der Waals surface area (Å²) < 4.78 is 4.97. The second-order valence-corrected chi connectivity index (χ2v) is 3.92. The quantitative estimate of drug-likeness (QED) is 0.615. The summed E-state index contributed by atoms with van der Waals surface area (Å²) in [6.07, 6.45) is 1.85. The second kappa shape index (κ2) is 6.05. The van der Waals surface area contributed by atoms with E-state index in [-0.39, 0.29) is 0 Å². The van der Waals surface area contributed by atoms with Crippen molar-refractivity contribution in [3.05, 3.63) is 23.9 Å². The lowest BCUT2D eigenvalue weighted by atomic mass is 10.2. The number of nitrogen functional groups attached to an aromatic ring is 1. The van der Waals surface area contributed by atoms with Crippen molar-refractivity contribution in [1.29, 1.82) is 0 Å². The van der Waals surface area contributed by atoms with Gasteiger partial charge in [0.15, 0.2) is 5.82 Å². The molecule has 2 aromatic heterocycles. The minimum absolute atomic E-state index is 0.450. The first-order valence-corrected chi connectivity index (χ1v) is 5.99. The number of nitrogens with one attached hydrogen (secondary N) is 1. The van der Waals surface area contributed by atoms with Crippen LogP contribution in [0.2, 0.25) is 0 Å². The van der Waals surface area contributed by atoms with Gasteiger partial charge in [0.2, 0.25) is 5.88 Å². The maximum absolute atomic E-state index is 5.41. The van der Waals surface area contributed by atoms with Gasteiger partial charge in [0, 0.05) is 17.8 Å². The highest BCUT2D eigenvalue weighted by molar-refractivity contribution is 5.52. The van der Waals surface area contributed by atoms with Crippen LogP contribution in [0.15, 0.2) is 18.2 Å². The number of aromatic nitrogens is 4. The molecule has 0 aliphatic rings. The van der Waals surface area contributed by atoms with Crippen LogP contribution in [0.3, 0.4) is 0 Å². The van der Waals surface area contributed by atoms with Crippen molar-refractivity contribution < 1.29 is 4.74 Å². The van der Waals surface area contributed by atoms with Crippen LogP contribution in [0.4, 0.5) is 5.82 Å². The lowest BCUT2D eigenvalue weighted by Crippen LogP contribution is -2.11. The lowest BCUT2D eigenvalue weighted by Gasteiger charge is -2.06. The lowest BCUT2D eigenvalue weighted by molar-refractivity contribution is 0.392. The highest BCUT2D eigenvalue weighted by Gasteiger charge is 2.08. The Hall–Kier alpha value is -2.28. The third-order valence-corrected chi connectivity index (χ3v) is 2.51. The van der Waals surface area contributed by atoms with Gasteiger partial charge in [0.1, 0.15) is 11.5 Å². The molecule has 2 rings (SSSR count). The molecule has 0 saturated carbocycles. The minimum atomic E-state index is 0.450. The number of ether oxygens (including phenoxy) is 1. The maximum atomic E-state index is 5.41. The summed E-state index contributed by atoms with van der Waals surface area (Å²) in [6, 6.07) is 5.30. The fourth-order valence-electron chi connectivity index (χ4n) is 1.62. The van der Waals surface area contributed by atoms with Crippen molar-refractivity contribution in [2.75, 3.05) is 12.5 Å². The zero-order chi connectivity index (χ0) is 13.7. The predicted octanol–water partition coefficient (Wildman–Crippen LogP) is 1.18. The zero-order valence-electron chi connectivity index (χ0n) is 10.9. The number of anilines is 1. The largest absolute Gasteiger partial charge is 0.480 e. The predicted molar refractivity (Wildman–Crippen MR) is 71.4 cm³/mol. The number of hydrogen-bond donors (Lipinski definition) is 2. The Bertz CT molecular complexity index is 542. The van der Waals surface area contributed by atoms with E-state index in [9.17, 15) is 0 Å². The van der Waals surface area contributed by atoms with E-state index in [0.717, 1.165) is 18.5 Å². The Labute approximate surface area is 111 Å². The fraction of sp³-hybridized carbons (Fsp3) is 0.333. The molecule has 0 fully saturated rings. The summed E-state index contributed by atoms with van der Waals surface area (Å²) >= 11 is 0. The van der Waals surface area contributed by atoms with Gasteiger partial charge in [-0.1, -0.05) is 13.3 Å². The number of hydrogen-bond acceptors (Lipinski definition) is 7. The first-order chi connectivity index (χ1) is 9.26. The summed E-state index contributed by atoms with van der Waals surface area (Å²) in [4.78, 5) is 8.72. The van der Waals surface area contributed by atoms with E-state index in [1.807, 2.05) is 6.07 Å².